The van der Waals surface area contributed by atoms with E-state index in [4.69, 9.17) is 4.74 Å². The zero-order valence-electron chi connectivity index (χ0n) is 18.8. The molecule has 0 saturated carbocycles. The van der Waals surface area contributed by atoms with Crippen LogP contribution in [0.15, 0.2) is 55.4 Å². The number of ether oxygens (including phenoxy) is 1. The first-order chi connectivity index (χ1) is 17.1. The number of aromatic nitrogens is 5. The Balaban J connectivity index is 1.37. The fourth-order valence-corrected chi connectivity index (χ4v) is 4.09. The molecule has 1 fully saturated rings. The number of Topliss-reactive ketones (excluding diaryl/α,β-unsaturated/α-hetero) is 1. The zero-order chi connectivity index (χ0) is 24.4. The van der Waals surface area contributed by atoms with E-state index in [1.54, 1.807) is 47.9 Å². The Bertz CT molecular complexity index is 1400. The van der Waals surface area contributed by atoms with Gasteiger partial charge in [-0.3, -0.25) is 29.3 Å². The van der Waals surface area contributed by atoms with Crippen LogP contribution >= 0.6 is 0 Å². The van der Waals surface area contributed by atoms with Gasteiger partial charge >= 0.3 is 0 Å². The summed E-state index contributed by atoms with van der Waals surface area (Å²) in [6, 6.07) is 5.14. The lowest BCUT2D eigenvalue weighted by molar-refractivity contribution is -0.127. The third-order valence-corrected chi connectivity index (χ3v) is 5.88. The molecule has 5 rings (SSSR count). The fourth-order valence-electron chi connectivity index (χ4n) is 4.09. The minimum atomic E-state index is -0.671. The van der Waals surface area contributed by atoms with E-state index in [0.717, 1.165) is 0 Å². The van der Waals surface area contributed by atoms with E-state index in [1.165, 1.54) is 24.4 Å². The van der Waals surface area contributed by atoms with E-state index >= 15 is 0 Å². The van der Waals surface area contributed by atoms with E-state index in [9.17, 15) is 14.4 Å². The van der Waals surface area contributed by atoms with Gasteiger partial charge in [-0.25, -0.2) is 4.98 Å². The molecule has 11 heteroatoms. The summed E-state index contributed by atoms with van der Waals surface area (Å²) in [6.45, 7) is 1.11. The number of hydrogen-bond acceptors (Lipinski definition) is 8. The molecular weight excluding hydrogens is 450 g/mol. The lowest BCUT2D eigenvalue weighted by Gasteiger charge is -2.34. The van der Waals surface area contributed by atoms with Crippen molar-refractivity contribution < 1.29 is 19.1 Å². The number of carbonyl (C=O) groups excluding carboxylic acids is 3. The van der Waals surface area contributed by atoms with Crippen molar-refractivity contribution in [3.05, 3.63) is 66.6 Å². The standard InChI is InChI=1S/C24H21N7O4/c1-35-18-14-29-20(17-13-25-6-7-27-17)21-19(18)15(12-28-21)22(32)24(34)31-10-8-30(9-11-31)23(33)16-4-2-3-5-26-16/h2-7,12-14,28H,8-11H2,1H3. The molecule has 0 aromatic carbocycles. The van der Waals surface area contributed by atoms with Crippen LogP contribution in [0.4, 0.5) is 0 Å². The molecule has 0 atom stereocenters. The van der Waals surface area contributed by atoms with E-state index in [-0.39, 0.29) is 24.6 Å². The van der Waals surface area contributed by atoms with Crippen LogP contribution in [0.5, 0.6) is 5.75 Å². The van der Waals surface area contributed by atoms with Crippen molar-refractivity contribution in [1.82, 2.24) is 34.7 Å². The normalized spacial score (nSPS) is 13.6. The number of amides is 2. The molecule has 2 amide bonds. The molecule has 1 saturated heterocycles. The average molecular weight is 471 g/mol. The monoisotopic (exact) mass is 471 g/mol. The molecule has 176 valence electrons. The second-order valence-electron chi connectivity index (χ2n) is 7.85. The molecule has 1 N–H and O–H groups in total. The minimum Gasteiger partial charge on any atom is -0.494 e. The number of fused-ring (bicyclic) bond motifs is 1. The summed E-state index contributed by atoms with van der Waals surface area (Å²) in [4.78, 5) is 62.0. The predicted molar refractivity (Wildman–Crippen MR) is 125 cm³/mol. The summed E-state index contributed by atoms with van der Waals surface area (Å²) >= 11 is 0. The molecule has 35 heavy (non-hydrogen) atoms. The third kappa shape index (κ3) is 4.07. The number of methoxy groups -OCH3 is 1. The maximum atomic E-state index is 13.3. The fraction of sp³-hybridized carbons (Fsp3) is 0.208. The van der Waals surface area contributed by atoms with Gasteiger partial charge in [-0.2, -0.15) is 0 Å². The second kappa shape index (κ2) is 9.29. The number of nitrogens with zero attached hydrogens (tertiary/aromatic N) is 6. The molecule has 4 aromatic heterocycles. The van der Waals surface area contributed by atoms with Gasteiger partial charge in [0, 0.05) is 51.0 Å². The van der Waals surface area contributed by atoms with E-state index < -0.39 is 11.7 Å². The van der Waals surface area contributed by atoms with Crippen molar-refractivity contribution >= 4 is 28.5 Å². The molecule has 4 aromatic rings. The number of piperazine rings is 1. The van der Waals surface area contributed by atoms with E-state index in [0.29, 0.717) is 46.8 Å². The molecule has 0 unspecified atom stereocenters. The first-order valence-electron chi connectivity index (χ1n) is 10.9. The molecule has 5 heterocycles. The van der Waals surface area contributed by atoms with Crippen LogP contribution in [0.2, 0.25) is 0 Å². The lowest BCUT2D eigenvalue weighted by atomic mass is 10.1. The Morgan fingerprint density at radius 2 is 1.74 bits per heavy atom. The Morgan fingerprint density at radius 1 is 0.943 bits per heavy atom. The van der Waals surface area contributed by atoms with E-state index in [2.05, 4.69) is 24.9 Å². The maximum absolute atomic E-state index is 13.3. The summed E-state index contributed by atoms with van der Waals surface area (Å²) in [5.74, 6) is -1.16. The second-order valence-corrected chi connectivity index (χ2v) is 7.85. The molecule has 0 bridgehead atoms. The number of pyridine rings is 2. The topological polar surface area (TPSA) is 134 Å². The van der Waals surface area contributed by atoms with Gasteiger partial charge in [0.25, 0.3) is 17.6 Å². The average Bonchev–Trinajstić information content (AvgIpc) is 3.38. The quantitative estimate of drug-likeness (QED) is 0.343. The Labute approximate surface area is 199 Å². The van der Waals surface area contributed by atoms with Gasteiger partial charge in [-0.05, 0) is 12.1 Å². The predicted octanol–water partition coefficient (Wildman–Crippen LogP) is 1.59. The smallest absolute Gasteiger partial charge is 0.295 e. The number of rotatable bonds is 5. The highest BCUT2D eigenvalue weighted by molar-refractivity contribution is 6.45. The van der Waals surface area contributed by atoms with Gasteiger partial charge < -0.3 is 19.5 Å². The van der Waals surface area contributed by atoms with Crippen LogP contribution in [0, 0.1) is 0 Å². The maximum Gasteiger partial charge on any atom is 0.295 e. The highest BCUT2D eigenvalue weighted by atomic mass is 16.5. The zero-order valence-corrected chi connectivity index (χ0v) is 18.8. The van der Waals surface area contributed by atoms with Gasteiger partial charge in [-0.15, -0.1) is 0 Å². The van der Waals surface area contributed by atoms with Crippen LogP contribution in [0.3, 0.4) is 0 Å². The highest BCUT2D eigenvalue weighted by Crippen LogP contribution is 2.34. The first kappa shape index (κ1) is 22.1. The van der Waals surface area contributed by atoms with Crippen LogP contribution in [-0.2, 0) is 4.79 Å². The van der Waals surface area contributed by atoms with Crippen molar-refractivity contribution in [2.24, 2.45) is 0 Å². The van der Waals surface area contributed by atoms with E-state index in [1.807, 2.05) is 0 Å². The molecule has 1 aliphatic rings. The SMILES string of the molecule is COc1cnc(-c2cnccn2)c2[nH]cc(C(=O)C(=O)N3CCN(C(=O)c4ccccn4)CC3)c12. The number of nitrogens with one attached hydrogen (secondary N) is 1. The van der Waals surface area contributed by atoms with Crippen molar-refractivity contribution in [2.75, 3.05) is 33.3 Å². The summed E-state index contributed by atoms with van der Waals surface area (Å²) < 4.78 is 5.43. The van der Waals surface area contributed by atoms with Crippen molar-refractivity contribution in [3.8, 4) is 17.1 Å². The van der Waals surface area contributed by atoms with Crippen molar-refractivity contribution in [3.63, 3.8) is 0 Å². The minimum absolute atomic E-state index is 0.182. The molecular formula is C24H21N7O4. The van der Waals surface area contributed by atoms with Gasteiger partial charge in [-0.1, -0.05) is 6.07 Å². The first-order valence-corrected chi connectivity index (χ1v) is 10.9. The van der Waals surface area contributed by atoms with Crippen LogP contribution in [0.25, 0.3) is 22.3 Å². The molecule has 0 spiro atoms. The molecule has 0 aliphatic carbocycles. The van der Waals surface area contributed by atoms with Crippen LogP contribution < -0.4 is 4.74 Å². The summed E-state index contributed by atoms with van der Waals surface area (Å²) in [5, 5.41) is 0.450. The number of aromatic amines is 1. The Kier molecular flexibility index (Phi) is 5.88. The number of hydrogen-bond donors (Lipinski definition) is 1. The molecule has 11 nitrogen and oxygen atoms in total. The van der Waals surface area contributed by atoms with Gasteiger partial charge in [0.15, 0.2) is 0 Å². The van der Waals surface area contributed by atoms with Crippen LogP contribution in [-0.4, -0.2) is 85.6 Å². The van der Waals surface area contributed by atoms with Gasteiger partial charge in [0.1, 0.15) is 22.8 Å². The third-order valence-electron chi connectivity index (χ3n) is 5.88. The van der Waals surface area contributed by atoms with Crippen molar-refractivity contribution in [1.29, 1.82) is 0 Å². The molecule has 1 aliphatic heterocycles. The number of H-pyrrole nitrogens is 1. The number of carbonyl (C=O) groups is 3. The summed E-state index contributed by atoms with van der Waals surface area (Å²) in [7, 11) is 1.47. The molecule has 0 radical (unpaired) electrons. The van der Waals surface area contributed by atoms with Crippen molar-refractivity contribution in [2.45, 2.75) is 0 Å². The Morgan fingerprint density at radius 3 is 2.43 bits per heavy atom. The summed E-state index contributed by atoms with van der Waals surface area (Å²) in [6.07, 6.45) is 9.19. The number of ketones is 1. The van der Waals surface area contributed by atoms with Gasteiger partial charge in [0.05, 0.1) is 36.0 Å². The summed E-state index contributed by atoms with van der Waals surface area (Å²) in [5.41, 5.74) is 2.05. The Hall–Kier alpha value is -4.67. The van der Waals surface area contributed by atoms with Crippen LogP contribution in [0.1, 0.15) is 20.8 Å². The lowest BCUT2D eigenvalue weighted by Crippen LogP contribution is -2.52. The van der Waals surface area contributed by atoms with Gasteiger partial charge in [0.2, 0.25) is 0 Å². The highest BCUT2D eigenvalue weighted by Gasteiger charge is 2.31. The largest absolute Gasteiger partial charge is 0.494 e.